The summed E-state index contributed by atoms with van der Waals surface area (Å²) in [6.45, 7) is 2.51. The molecule has 12 nitrogen and oxygen atoms in total. The van der Waals surface area contributed by atoms with Crippen LogP contribution in [0.5, 0.6) is 0 Å². The lowest BCUT2D eigenvalue weighted by molar-refractivity contribution is -0.130. The number of anilines is 1. The first kappa shape index (κ1) is 33.8. The van der Waals surface area contributed by atoms with Gasteiger partial charge in [0.1, 0.15) is 6.04 Å². The molecule has 0 bridgehead atoms. The Hall–Kier alpha value is -4.59. The number of nitrogens with one attached hydrogen (secondary N) is 3. The minimum Gasteiger partial charge on any atom is -0.344 e. The largest absolute Gasteiger partial charge is 0.439 e. The Morgan fingerprint density at radius 2 is 1.74 bits per heavy atom. The van der Waals surface area contributed by atoms with Gasteiger partial charge in [0.25, 0.3) is 0 Å². The molecule has 0 radical (unpaired) electrons. The number of aromatic amines is 1. The van der Waals surface area contributed by atoms with E-state index in [1.807, 2.05) is 31.2 Å². The zero-order valence-corrected chi connectivity index (χ0v) is 27.5. The van der Waals surface area contributed by atoms with E-state index in [0.29, 0.717) is 36.6 Å². The predicted molar refractivity (Wildman–Crippen MR) is 179 cm³/mol. The number of aryl methyl sites for hydroxylation is 1. The molecule has 1 aromatic heterocycles. The van der Waals surface area contributed by atoms with Gasteiger partial charge >= 0.3 is 5.76 Å². The average molecular weight is 661 g/mol. The second-order valence-electron chi connectivity index (χ2n) is 12.2. The van der Waals surface area contributed by atoms with Gasteiger partial charge in [-0.25, -0.2) is 17.5 Å². The van der Waals surface area contributed by atoms with Gasteiger partial charge in [0.15, 0.2) is 5.82 Å². The number of aromatic nitrogens is 2. The lowest BCUT2D eigenvalue weighted by atomic mass is 9.81. The van der Waals surface area contributed by atoms with E-state index < -0.39 is 27.7 Å². The Labute approximate surface area is 273 Å². The van der Waals surface area contributed by atoms with Crippen LogP contribution >= 0.6 is 0 Å². The van der Waals surface area contributed by atoms with Gasteiger partial charge in [-0.15, -0.1) is 0 Å². The van der Waals surface area contributed by atoms with E-state index >= 15 is 0 Å². The molecule has 1 atom stereocenters. The summed E-state index contributed by atoms with van der Waals surface area (Å²) in [6, 6.07) is 18.4. The average Bonchev–Trinajstić information content (AvgIpc) is 3.51. The van der Waals surface area contributed by atoms with Crippen molar-refractivity contribution < 1.29 is 22.5 Å². The fourth-order valence-electron chi connectivity index (χ4n) is 5.84. The maximum atomic E-state index is 13.7. The molecule has 5 rings (SSSR count). The first-order chi connectivity index (χ1) is 22.4. The summed E-state index contributed by atoms with van der Waals surface area (Å²) in [6.07, 6.45) is 3.39. The van der Waals surface area contributed by atoms with E-state index in [1.54, 1.807) is 42.5 Å². The molecule has 1 aliphatic carbocycles. The van der Waals surface area contributed by atoms with Gasteiger partial charge in [-0.05, 0) is 104 Å². The van der Waals surface area contributed by atoms with Crippen molar-refractivity contribution in [1.82, 2.24) is 19.8 Å². The van der Waals surface area contributed by atoms with Gasteiger partial charge in [-0.2, -0.15) is 0 Å². The highest BCUT2D eigenvalue weighted by Gasteiger charge is 2.29. The molecule has 2 amide bonds. The van der Waals surface area contributed by atoms with Gasteiger partial charge in [-0.3, -0.25) is 19.1 Å². The number of H-pyrrole nitrogens is 1. The number of carbonyl (C=O) groups excluding carboxylic acids is 2. The summed E-state index contributed by atoms with van der Waals surface area (Å²) >= 11 is 0. The zero-order valence-electron chi connectivity index (χ0n) is 26.7. The van der Waals surface area contributed by atoms with Crippen molar-refractivity contribution in [2.24, 2.45) is 17.6 Å². The molecule has 0 saturated heterocycles. The van der Waals surface area contributed by atoms with Crippen LogP contribution < -0.4 is 22.1 Å². The quantitative estimate of drug-likeness (QED) is 0.188. The van der Waals surface area contributed by atoms with Crippen LogP contribution in [0.2, 0.25) is 0 Å². The fraction of sp³-hybridized carbons (Fsp3) is 0.353. The molecule has 248 valence electrons. The maximum absolute atomic E-state index is 13.7. The maximum Gasteiger partial charge on any atom is 0.439 e. The lowest BCUT2D eigenvalue weighted by Crippen LogP contribution is -2.48. The van der Waals surface area contributed by atoms with E-state index in [0.717, 1.165) is 35.1 Å². The van der Waals surface area contributed by atoms with E-state index in [1.165, 1.54) is 18.4 Å². The van der Waals surface area contributed by atoms with Crippen LogP contribution in [0, 0.1) is 18.8 Å². The van der Waals surface area contributed by atoms with Crippen LogP contribution in [0.25, 0.3) is 22.5 Å². The molecule has 4 aromatic rings. The van der Waals surface area contributed by atoms with Crippen LogP contribution in [-0.4, -0.2) is 61.4 Å². The topological polar surface area (TPSA) is 180 Å². The van der Waals surface area contributed by atoms with Crippen LogP contribution in [0.4, 0.5) is 5.69 Å². The van der Waals surface area contributed by atoms with Crippen molar-refractivity contribution in [3.05, 3.63) is 88.4 Å². The predicted octanol–water partition coefficient (Wildman–Crippen LogP) is 3.69. The number of carbonyl (C=O) groups is 2. The van der Waals surface area contributed by atoms with E-state index in [-0.39, 0.29) is 29.0 Å². The van der Waals surface area contributed by atoms with Gasteiger partial charge in [0.2, 0.25) is 21.8 Å². The highest BCUT2D eigenvalue weighted by atomic mass is 32.2. The summed E-state index contributed by atoms with van der Waals surface area (Å²) in [7, 11) is -0.655. The second-order valence-corrected chi connectivity index (χ2v) is 14.3. The van der Waals surface area contributed by atoms with Crippen molar-refractivity contribution in [2.45, 2.75) is 50.0 Å². The monoisotopic (exact) mass is 660 g/mol. The molecule has 0 unspecified atom stereocenters. The number of nitrogens with two attached hydrogens (primary N) is 1. The number of amides is 2. The molecule has 3 aromatic carbocycles. The third kappa shape index (κ3) is 8.05. The number of nitrogens with zero attached hydrogens (tertiary/aromatic N) is 2. The van der Waals surface area contributed by atoms with E-state index in [4.69, 9.17) is 5.73 Å². The molecule has 47 heavy (non-hydrogen) atoms. The minimum atomic E-state index is -3.64. The van der Waals surface area contributed by atoms with Gasteiger partial charge in [0, 0.05) is 37.7 Å². The van der Waals surface area contributed by atoms with E-state index in [9.17, 15) is 22.8 Å². The van der Waals surface area contributed by atoms with Crippen molar-refractivity contribution in [1.29, 1.82) is 0 Å². The Kier molecular flexibility index (Phi) is 10.4. The Balaban J connectivity index is 1.39. The number of hydrogen-bond acceptors (Lipinski definition) is 8. The summed E-state index contributed by atoms with van der Waals surface area (Å²) in [5, 5.41) is 9.60. The summed E-state index contributed by atoms with van der Waals surface area (Å²) in [4.78, 5) is 41.2. The van der Waals surface area contributed by atoms with Crippen molar-refractivity contribution in [3.8, 4) is 22.5 Å². The van der Waals surface area contributed by atoms with Crippen molar-refractivity contribution in [3.63, 3.8) is 0 Å². The number of sulfonamides is 1. The molecule has 1 fully saturated rings. The fourth-order valence-corrected chi connectivity index (χ4v) is 6.77. The van der Waals surface area contributed by atoms with E-state index in [2.05, 4.69) is 25.3 Å². The zero-order chi connectivity index (χ0) is 33.7. The van der Waals surface area contributed by atoms with Gasteiger partial charge < -0.3 is 16.4 Å². The minimum absolute atomic E-state index is 0.167. The number of hydrogen-bond donors (Lipinski definition) is 4. The van der Waals surface area contributed by atoms with Crippen LogP contribution in [0.3, 0.4) is 0 Å². The van der Waals surface area contributed by atoms with Gasteiger partial charge in [0.05, 0.1) is 4.90 Å². The number of benzene rings is 3. The standard InChI is InChI=1S/C34H40N6O6S/c1-21-7-16-28(47(44,45)40(2)3)19-29(21)26-6-4-5-23(17-26)18-30(37-32(41)25-10-8-22(20-35)9-11-25)33(42)36-27-14-12-24(13-15-27)31-38-34(43)46-39-31/h4-7,12-17,19,22,25,30H,8-11,18,20,35H2,1-3H3,(H,36,42)(H,37,41)(H,38,39,43)/t22?,25?,30-/m0/s1. The third-order valence-electron chi connectivity index (χ3n) is 8.72. The lowest BCUT2D eigenvalue weighted by Gasteiger charge is -2.28. The number of rotatable bonds is 11. The molecule has 1 aliphatic rings. The third-order valence-corrected chi connectivity index (χ3v) is 10.5. The molecule has 13 heteroatoms. The Bertz CT molecular complexity index is 1890. The van der Waals surface area contributed by atoms with Crippen LogP contribution in [0.15, 0.2) is 80.9 Å². The van der Waals surface area contributed by atoms with Crippen LogP contribution in [0.1, 0.15) is 36.8 Å². The molecule has 5 N–H and O–H groups in total. The summed E-state index contributed by atoms with van der Waals surface area (Å²) in [5.41, 5.74) is 10.2. The Morgan fingerprint density at radius 1 is 1.02 bits per heavy atom. The summed E-state index contributed by atoms with van der Waals surface area (Å²) < 4.78 is 31.4. The first-order valence-electron chi connectivity index (χ1n) is 15.5. The highest BCUT2D eigenvalue weighted by molar-refractivity contribution is 7.89. The molecular formula is C34H40N6O6S. The highest BCUT2D eigenvalue weighted by Crippen LogP contribution is 2.30. The first-order valence-corrected chi connectivity index (χ1v) is 17.0. The molecule has 0 spiro atoms. The van der Waals surface area contributed by atoms with Gasteiger partial charge in [-0.1, -0.05) is 35.5 Å². The SMILES string of the molecule is Cc1ccc(S(=O)(=O)N(C)C)cc1-c1cccc(C[C@H](NC(=O)C2CCC(CN)CC2)C(=O)Nc2ccc(-c3noc(=O)[nH]3)cc2)c1. The molecule has 1 heterocycles. The summed E-state index contributed by atoms with van der Waals surface area (Å²) in [5.74, 6) is -0.752. The van der Waals surface area contributed by atoms with Crippen molar-refractivity contribution >= 4 is 27.5 Å². The molecular weight excluding hydrogens is 620 g/mol. The normalized spacial score (nSPS) is 17.3. The smallest absolute Gasteiger partial charge is 0.344 e. The molecule has 1 saturated carbocycles. The second kappa shape index (κ2) is 14.4. The molecule has 0 aliphatic heterocycles. The van der Waals surface area contributed by atoms with Crippen molar-refractivity contribution in [2.75, 3.05) is 26.0 Å². The van der Waals surface area contributed by atoms with Crippen LogP contribution in [-0.2, 0) is 26.0 Å². The Morgan fingerprint density at radius 3 is 2.38 bits per heavy atom.